The zero-order valence-corrected chi connectivity index (χ0v) is 17.9. The number of carbonyl (C=O) groups excluding carboxylic acids is 1. The molecule has 2 heterocycles. The zero-order chi connectivity index (χ0) is 21.9. The zero-order valence-electron chi connectivity index (χ0n) is 17.1. The summed E-state index contributed by atoms with van der Waals surface area (Å²) in [5.41, 5.74) is 4.21. The second-order valence-electron chi connectivity index (χ2n) is 7.33. The Morgan fingerprint density at radius 2 is 1.47 bits per heavy atom. The summed E-state index contributed by atoms with van der Waals surface area (Å²) in [6, 6.07) is 27.2. The molecule has 0 spiro atoms. The largest absolute Gasteiger partial charge is 0.324 e. The molecule has 156 valence electrons. The number of amides is 1. The van der Waals surface area contributed by atoms with Crippen molar-refractivity contribution in [1.29, 1.82) is 0 Å². The van der Waals surface area contributed by atoms with Crippen molar-refractivity contribution >= 4 is 33.1 Å². The average Bonchev–Trinajstić information content (AvgIpc) is 3.27. The highest BCUT2D eigenvalue weighted by Crippen LogP contribution is 2.30. The Morgan fingerprint density at radius 3 is 2.19 bits per heavy atom. The average molecular weight is 438 g/mol. The monoisotopic (exact) mass is 437 g/mol. The van der Waals surface area contributed by atoms with E-state index in [2.05, 4.69) is 10.3 Å². The molecule has 0 radical (unpaired) electrons. The number of carbonyl (C=O) groups is 1. The molecule has 5 nitrogen and oxygen atoms in total. The molecule has 3 aromatic carbocycles. The number of hydrogen-bond donors (Lipinski definition) is 1. The molecule has 0 unspecified atom stereocenters. The number of anilines is 1. The van der Waals surface area contributed by atoms with Gasteiger partial charge in [0.05, 0.1) is 11.7 Å². The van der Waals surface area contributed by atoms with Gasteiger partial charge in [-0.2, -0.15) is 0 Å². The Labute approximate surface area is 188 Å². The first-order valence-electron chi connectivity index (χ1n) is 10.2. The minimum Gasteiger partial charge on any atom is -0.324 e. The van der Waals surface area contributed by atoms with Crippen LogP contribution in [0.4, 0.5) is 5.69 Å². The van der Waals surface area contributed by atoms with Crippen LogP contribution in [-0.4, -0.2) is 15.5 Å². The summed E-state index contributed by atoms with van der Waals surface area (Å²) in [4.78, 5) is 31.1. The van der Waals surface area contributed by atoms with Gasteiger partial charge in [0.15, 0.2) is 0 Å². The first-order chi connectivity index (χ1) is 15.7. The van der Waals surface area contributed by atoms with Crippen molar-refractivity contribution in [3.63, 3.8) is 0 Å². The van der Waals surface area contributed by atoms with Gasteiger partial charge in [0.25, 0.3) is 5.56 Å². The molecule has 0 aliphatic heterocycles. The smallest absolute Gasteiger partial charge is 0.263 e. The van der Waals surface area contributed by atoms with Gasteiger partial charge in [0.1, 0.15) is 11.4 Å². The maximum Gasteiger partial charge on any atom is 0.263 e. The highest BCUT2D eigenvalue weighted by molar-refractivity contribution is 7.17. The van der Waals surface area contributed by atoms with Crippen molar-refractivity contribution in [3.05, 3.63) is 107 Å². The quantitative estimate of drug-likeness (QED) is 0.399. The summed E-state index contributed by atoms with van der Waals surface area (Å²) < 4.78 is 1.36. The minimum absolute atomic E-state index is 0.116. The van der Waals surface area contributed by atoms with Crippen LogP contribution in [-0.2, 0) is 11.3 Å². The van der Waals surface area contributed by atoms with Gasteiger partial charge in [-0.25, -0.2) is 4.98 Å². The van der Waals surface area contributed by atoms with Gasteiger partial charge in [-0.15, -0.1) is 11.3 Å². The summed E-state index contributed by atoms with van der Waals surface area (Å²) in [5.74, 6) is -0.284. The number of nitrogens with zero attached hydrogens (tertiary/aromatic N) is 2. The predicted molar refractivity (Wildman–Crippen MR) is 130 cm³/mol. The van der Waals surface area contributed by atoms with E-state index in [1.54, 1.807) is 0 Å². The van der Waals surface area contributed by atoms with Gasteiger partial charge in [-0.1, -0.05) is 78.9 Å². The Balaban J connectivity index is 1.44. The van der Waals surface area contributed by atoms with Crippen LogP contribution in [0.15, 0.2) is 101 Å². The standard InChI is InChI=1S/C26H19N3O2S/c30-23(28-22-14-8-7-13-20(22)18-9-3-1-4-10-18)15-29-17-27-25-24(26(29)31)21(16-32-25)19-11-5-2-6-12-19/h1-14,16-17H,15H2,(H,28,30). The van der Waals surface area contributed by atoms with Crippen LogP contribution >= 0.6 is 11.3 Å². The molecule has 0 atom stereocenters. The van der Waals surface area contributed by atoms with E-state index in [-0.39, 0.29) is 18.0 Å². The summed E-state index contributed by atoms with van der Waals surface area (Å²) in [6.07, 6.45) is 1.44. The van der Waals surface area contributed by atoms with Crippen LogP contribution in [0.5, 0.6) is 0 Å². The minimum atomic E-state index is -0.284. The van der Waals surface area contributed by atoms with Gasteiger partial charge in [0, 0.05) is 22.2 Å². The lowest BCUT2D eigenvalue weighted by atomic mass is 10.0. The van der Waals surface area contributed by atoms with Crippen LogP contribution in [0.3, 0.4) is 0 Å². The first kappa shape index (κ1) is 19.9. The lowest BCUT2D eigenvalue weighted by Gasteiger charge is -2.12. The molecule has 5 aromatic rings. The van der Waals surface area contributed by atoms with Crippen molar-refractivity contribution in [2.75, 3.05) is 5.32 Å². The van der Waals surface area contributed by atoms with Gasteiger partial charge >= 0.3 is 0 Å². The Kier molecular flexibility index (Phi) is 5.35. The third-order valence-corrected chi connectivity index (χ3v) is 6.13. The van der Waals surface area contributed by atoms with Crippen LogP contribution in [0.1, 0.15) is 0 Å². The fourth-order valence-electron chi connectivity index (χ4n) is 3.72. The number of rotatable bonds is 5. The van der Waals surface area contributed by atoms with Crippen LogP contribution in [0.2, 0.25) is 0 Å². The number of aromatic nitrogens is 2. The Hall–Kier alpha value is -4.03. The molecule has 0 saturated carbocycles. The third kappa shape index (κ3) is 3.84. The molecule has 2 aromatic heterocycles. The maximum atomic E-state index is 13.2. The van der Waals surface area contributed by atoms with E-state index in [1.165, 1.54) is 22.2 Å². The van der Waals surface area contributed by atoms with Crippen molar-refractivity contribution in [1.82, 2.24) is 9.55 Å². The molecule has 6 heteroatoms. The van der Waals surface area contributed by atoms with Gasteiger partial charge < -0.3 is 5.32 Å². The molecule has 32 heavy (non-hydrogen) atoms. The molecule has 5 rings (SSSR count). The summed E-state index contributed by atoms with van der Waals surface area (Å²) in [6.45, 7) is -0.116. The van der Waals surface area contributed by atoms with E-state index in [0.29, 0.717) is 15.9 Å². The molecular weight excluding hydrogens is 418 g/mol. The van der Waals surface area contributed by atoms with Crippen molar-refractivity contribution in [3.8, 4) is 22.3 Å². The van der Waals surface area contributed by atoms with Gasteiger partial charge in [0.2, 0.25) is 5.91 Å². The molecule has 0 saturated heterocycles. The second kappa shape index (κ2) is 8.61. The van der Waals surface area contributed by atoms with Gasteiger partial charge in [-0.3, -0.25) is 14.2 Å². The summed E-state index contributed by atoms with van der Waals surface area (Å²) >= 11 is 1.43. The van der Waals surface area contributed by atoms with Crippen molar-refractivity contribution in [2.24, 2.45) is 0 Å². The number of para-hydroxylation sites is 1. The fourth-order valence-corrected chi connectivity index (χ4v) is 4.62. The third-order valence-electron chi connectivity index (χ3n) is 5.25. The van der Waals surface area contributed by atoms with E-state index < -0.39 is 0 Å². The van der Waals surface area contributed by atoms with Gasteiger partial charge in [-0.05, 0) is 17.2 Å². The SMILES string of the molecule is O=C(Cn1cnc2scc(-c3ccccc3)c2c1=O)Nc1ccccc1-c1ccccc1. The summed E-state index contributed by atoms with van der Waals surface area (Å²) in [5, 5.41) is 5.43. The normalized spacial score (nSPS) is 10.9. The van der Waals surface area contributed by atoms with Crippen LogP contribution < -0.4 is 10.9 Å². The lowest BCUT2D eigenvalue weighted by molar-refractivity contribution is -0.116. The number of thiophene rings is 1. The topological polar surface area (TPSA) is 64.0 Å². The van der Waals surface area contributed by atoms with Crippen LogP contribution in [0, 0.1) is 0 Å². The predicted octanol–water partition coefficient (Wildman–Crippen LogP) is 5.43. The highest BCUT2D eigenvalue weighted by Gasteiger charge is 2.15. The van der Waals surface area contributed by atoms with E-state index in [1.807, 2.05) is 90.3 Å². The molecule has 0 aliphatic rings. The number of benzene rings is 3. The highest BCUT2D eigenvalue weighted by atomic mass is 32.1. The number of hydrogen-bond acceptors (Lipinski definition) is 4. The molecule has 1 amide bonds. The Morgan fingerprint density at radius 1 is 0.844 bits per heavy atom. The molecule has 0 fully saturated rings. The molecular formula is C26H19N3O2S. The van der Waals surface area contributed by atoms with E-state index in [4.69, 9.17) is 0 Å². The number of nitrogens with one attached hydrogen (secondary N) is 1. The first-order valence-corrected chi connectivity index (χ1v) is 11.0. The number of fused-ring (bicyclic) bond motifs is 1. The lowest BCUT2D eigenvalue weighted by Crippen LogP contribution is -2.28. The molecule has 1 N–H and O–H groups in total. The van der Waals surface area contributed by atoms with Crippen LogP contribution in [0.25, 0.3) is 32.5 Å². The fraction of sp³-hybridized carbons (Fsp3) is 0.0385. The van der Waals surface area contributed by atoms with E-state index >= 15 is 0 Å². The molecule has 0 bridgehead atoms. The van der Waals surface area contributed by atoms with Crippen molar-refractivity contribution < 1.29 is 4.79 Å². The summed E-state index contributed by atoms with van der Waals surface area (Å²) in [7, 11) is 0. The van der Waals surface area contributed by atoms with E-state index in [9.17, 15) is 9.59 Å². The van der Waals surface area contributed by atoms with Crippen molar-refractivity contribution in [2.45, 2.75) is 6.54 Å². The molecule has 0 aliphatic carbocycles. The maximum absolute atomic E-state index is 13.2. The van der Waals surface area contributed by atoms with E-state index in [0.717, 1.165) is 22.3 Å². The second-order valence-corrected chi connectivity index (χ2v) is 8.19. The Bertz CT molecular complexity index is 1460.